The van der Waals surface area contributed by atoms with Gasteiger partial charge in [-0.2, -0.15) is 25.3 Å². The molecular weight excluding hydrogens is 441 g/mol. The molecule has 6 nitrogen and oxygen atoms in total. The molecule has 1 aromatic carbocycles. The number of nitrogens with one attached hydrogen (secondary N) is 1. The van der Waals surface area contributed by atoms with Crippen molar-refractivity contribution in [2.75, 3.05) is 12.9 Å². The molecule has 0 spiro atoms. The third-order valence-corrected chi connectivity index (χ3v) is 5.62. The molecule has 0 saturated carbocycles. The highest BCUT2D eigenvalue weighted by Crippen LogP contribution is 2.39. The summed E-state index contributed by atoms with van der Waals surface area (Å²) in [6.07, 6.45) is 3.70. The van der Waals surface area contributed by atoms with E-state index in [4.69, 9.17) is 14.2 Å². The van der Waals surface area contributed by atoms with Gasteiger partial charge >= 0.3 is 6.41 Å². The summed E-state index contributed by atoms with van der Waals surface area (Å²) in [5.41, 5.74) is 3.83. The number of benzene rings is 1. The SMILES string of the molecule is COc1cc[n+](C2Oc3cc4nc[nH]c4cc3O2)c(CC(S)CS)c1C.Cl.[Cl-]. The molecule has 0 aliphatic carbocycles. The Morgan fingerprint density at radius 1 is 1.32 bits per heavy atom. The zero-order valence-corrected chi connectivity index (χ0v) is 18.6. The van der Waals surface area contributed by atoms with Crippen LogP contribution in [-0.4, -0.2) is 28.1 Å². The van der Waals surface area contributed by atoms with E-state index in [-0.39, 0.29) is 30.1 Å². The van der Waals surface area contributed by atoms with Crippen LogP contribution in [0.4, 0.5) is 0 Å². The van der Waals surface area contributed by atoms with Crippen molar-refractivity contribution in [3.05, 3.63) is 42.0 Å². The summed E-state index contributed by atoms with van der Waals surface area (Å²) in [4.78, 5) is 7.35. The van der Waals surface area contributed by atoms with Crippen LogP contribution < -0.4 is 31.2 Å². The molecule has 0 radical (unpaired) electrons. The molecule has 0 saturated heterocycles. The minimum atomic E-state index is -0.587. The van der Waals surface area contributed by atoms with Gasteiger partial charge < -0.3 is 31.6 Å². The average Bonchev–Trinajstić information content (AvgIpc) is 3.26. The van der Waals surface area contributed by atoms with E-state index in [9.17, 15) is 0 Å². The molecule has 1 N–H and O–H groups in total. The molecular formula is C18H21Cl2N3O3S2. The number of aromatic amines is 1. The lowest BCUT2D eigenvalue weighted by Gasteiger charge is -2.15. The van der Waals surface area contributed by atoms with Gasteiger partial charge in [-0.05, 0) is 6.92 Å². The maximum atomic E-state index is 6.06. The fourth-order valence-corrected chi connectivity index (χ4v) is 3.45. The summed E-state index contributed by atoms with van der Waals surface area (Å²) in [7, 11) is 1.67. The third-order valence-electron chi connectivity index (χ3n) is 4.53. The van der Waals surface area contributed by atoms with Gasteiger partial charge in [-0.3, -0.25) is 0 Å². The summed E-state index contributed by atoms with van der Waals surface area (Å²) in [6.45, 7) is 2.03. The molecule has 3 aromatic rings. The lowest BCUT2D eigenvalue weighted by molar-refractivity contribution is -0.788. The number of rotatable bonds is 5. The number of nitrogens with zero attached hydrogens (tertiary/aromatic N) is 2. The second-order valence-corrected chi connectivity index (χ2v) is 7.26. The number of halogens is 2. The number of hydrogen-bond acceptors (Lipinski definition) is 6. The van der Waals surface area contributed by atoms with Crippen LogP contribution in [0.25, 0.3) is 11.0 Å². The van der Waals surface area contributed by atoms with Gasteiger partial charge in [0.05, 0.1) is 30.0 Å². The van der Waals surface area contributed by atoms with Crippen LogP contribution in [0.2, 0.25) is 0 Å². The number of aromatic nitrogens is 3. The Hall–Kier alpha value is -1.48. The molecule has 0 bridgehead atoms. The molecule has 2 aromatic heterocycles. The van der Waals surface area contributed by atoms with E-state index < -0.39 is 6.41 Å². The Morgan fingerprint density at radius 2 is 2.04 bits per heavy atom. The van der Waals surface area contributed by atoms with Crippen molar-refractivity contribution in [3.8, 4) is 17.2 Å². The second-order valence-electron chi connectivity index (χ2n) is 6.16. The first-order valence-electron chi connectivity index (χ1n) is 8.27. The smallest absolute Gasteiger partial charge is 0.468 e. The molecule has 0 fully saturated rings. The van der Waals surface area contributed by atoms with Gasteiger partial charge in [-0.25, -0.2) is 4.98 Å². The summed E-state index contributed by atoms with van der Waals surface area (Å²) in [6, 6.07) is 5.70. The van der Waals surface area contributed by atoms with Crippen molar-refractivity contribution in [2.24, 2.45) is 0 Å². The Labute approximate surface area is 186 Å². The fraction of sp³-hybridized carbons (Fsp3) is 0.333. The molecule has 4 rings (SSSR count). The zero-order chi connectivity index (χ0) is 18.3. The number of H-pyrrole nitrogens is 1. The predicted octanol–water partition coefficient (Wildman–Crippen LogP) is 0.291. The summed E-state index contributed by atoms with van der Waals surface area (Å²) in [5.74, 6) is 2.86. The predicted molar refractivity (Wildman–Crippen MR) is 112 cm³/mol. The van der Waals surface area contributed by atoms with Crippen molar-refractivity contribution in [3.63, 3.8) is 0 Å². The molecule has 152 valence electrons. The van der Waals surface area contributed by atoms with Crippen molar-refractivity contribution in [1.29, 1.82) is 0 Å². The molecule has 2 unspecified atom stereocenters. The monoisotopic (exact) mass is 461 g/mol. The number of pyridine rings is 1. The quantitative estimate of drug-likeness (QED) is 0.377. The largest absolute Gasteiger partial charge is 1.00 e. The van der Waals surface area contributed by atoms with Gasteiger partial charge in [0, 0.05) is 35.6 Å². The zero-order valence-electron chi connectivity index (χ0n) is 15.3. The Morgan fingerprint density at radius 3 is 2.71 bits per heavy atom. The first kappa shape index (κ1) is 22.8. The highest BCUT2D eigenvalue weighted by Gasteiger charge is 2.36. The second kappa shape index (κ2) is 9.35. The number of ether oxygens (including phenoxy) is 3. The van der Waals surface area contributed by atoms with Crippen molar-refractivity contribution < 1.29 is 31.2 Å². The maximum Gasteiger partial charge on any atom is 0.468 e. The van der Waals surface area contributed by atoms with Crippen molar-refractivity contribution in [1.82, 2.24) is 9.97 Å². The van der Waals surface area contributed by atoms with Crippen LogP contribution in [0.5, 0.6) is 17.2 Å². The topological polar surface area (TPSA) is 60.2 Å². The highest BCUT2D eigenvalue weighted by molar-refractivity contribution is 7.84. The summed E-state index contributed by atoms with van der Waals surface area (Å²) in [5, 5.41) is 0.113. The molecule has 1 aliphatic heterocycles. The Bertz CT molecular complexity index is 931. The normalized spacial score (nSPS) is 13.7. The summed E-state index contributed by atoms with van der Waals surface area (Å²) >= 11 is 8.96. The van der Waals surface area contributed by atoms with E-state index in [2.05, 4.69) is 35.2 Å². The Kier molecular flexibility index (Phi) is 7.61. The van der Waals surface area contributed by atoms with Crippen LogP contribution in [0.15, 0.2) is 30.7 Å². The van der Waals surface area contributed by atoms with Crippen LogP contribution in [0, 0.1) is 6.92 Å². The maximum absolute atomic E-state index is 6.06. The molecule has 3 heterocycles. The molecule has 1 aliphatic rings. The van der Waals surface area contributed by atoms with Crippen molar-refractivity contribution in [2.45, 2.75) is 25.0 Å². The van der Waals surface area contributed by atoms with Gasteiger partial charge in [-0.15, -0.1) is 17.0 Å². The van der Waals surface area contributed by atoms with Crippen molar-refractivity contribution >= 4 is 48.7 Å². The van der Waals surface area contributed by atoms with E-state index in [0.717, 1.165) is 34.5 Å². The molecule has 0 amide bonds. The number of methoxy groups -OCH3 is 1. The highest BCUT2D eigenvalue weighted by atomic mass is 35.5. The van der Waals surface area contributed by atoms with Crippen LogP contribution in [-0.2, 0) is 6.42 Å². The minimum absolute atomic E-state index is 0. The minimum Gasteiger partial charge on any atom is -1.00 e. The molecule has 28 heavy (non-hydrogen) atoms. The van der Waals surface area contributed by atoms with Gasteiger partial charge in [-0.1, -0.05) is 0 Å². The van der Waals surface area contributed by atoms with Gasteiger partial charge in [0.1, 0.15) is 5.75 Å². The molecule has 10 heteroatoms. The number of thiol groups is 2. The number of fused-ring (bicyclic) bond motifs is 2. The van der Waals surface area contributed by atoms with E-state index in [1.165, 1.54) is 0 Å². The first-order valence-corrected chi connectivity index (χ1v) is 9.42. The third kappa shape index (κ3) is 4.10. The number of hydrogen-bond donors (Lipinski definition) is 3. The van der Waals surface area contributed by atoms with Crippen LogP contribution in [0.1, 0.15) is 17.7 Å². The first-order chi connectivity index (χ1) is 12.6. The lowest BCUT2D eigenvalue weighted by atomic mass is 10.1. The Balaban J connectivity index is 0.00000140. The average molecular weight is 462 g/mol. The number of imidazole rings is 1. The van der Waals surface area contributed by atoms with Gasteiger partial charge in [0.25, 0.3) is 0 Å². The lowest BCUT2D eigenvalue weighted by Crippen LogP contribution is -3.00. The van der Waals surface area contributed by atoms with Crippen LogP contribution >= 0.6 is 37.7 Å². The van der Waals surface area contributed by atoms with E-state index in [0.29, 0.717) is 17.3 Å². The van der Waals surface area contributed by atoms with Gasteiger partial charge in [0.2, 0.25) is 0 Å². The van der Waals surface area contributed by atoms with Gasteiger partial charge in [0.15, 0.2) is 23.4 Å². The van der Waals surface area contributed by atoms with E-state index in [1.807, 2.05) is 35.9 Å². The standard InChI is InChI=1S/C18H19N3O3S2.2ClH/c1-10-14(5-11(26)8-25)21(4-3-15(10)22-2)18-23-16-6-12-13(20-9-19-12)7-17(16)24-18;;/h3-4,6-7,9,11,18H,5,8H2,1-2H3,(H2-,19,20,25,26);2*1H. The summed E-state index contributed by atoms with van der Waals surface area (Å²) < 4.78 is 19.6. The van der Waals surface area contributed by atoms with E-state index in [1.54, 1.807) is 13.4 Å². The van der Waals surface area contributed by atoms with Crippen LogP contribution in [0.3, 0.4) is 0 Å². The van der Waals surface area contributed by atoms with E-state index >= 15 is 0 Å². The molecule has 2 atom stereocenters. The fourth-order valence-electron chi connectivity index (χ4n) is 3.15.